The molecule has 30 heavy (non-hydrogen) atoms. The van der Waals surface area contributed by atoms with Crippen molar-refractivity contribution in [2.24, 2.45) is 0 Å². The Labute approximate surface area is 172 Å². The van der Waals surface area contributed by atoms with Crippen LogP contribution in [0.25, 0.3) is 10.9 Å². The van der Waals surface area contributed by atoms with E-state index in [4.69, 9.17) is 4.74 Å². The van der Waals surface area contributed by atoms with Gasteiger partial charge in [-0.3, -0.25) is 9.78 Å². The summed E-state index contributed by atoms with van der Waals surface area (Å²) in [7, 11) is -0.427. The Balaban J connectivity index is 1.67. The highest BCUT2D eigenvalue weighted by Crippen LogP contribution is 2.36. The van der Waals surface area contributed by atoms with E-state index in [2.05, 4.69) is 4.98 Å². The van der Waals surface area contributed by atoms with Crippen molar-refractivity contribution in [1.29, 1.82) is 0 Å². The van der Waals surface area contributed by atoms with E-state index in [1.54, 1.807) is 0 Å². The number of para-hydroxylation sites is 1. The number of hydrogen-bond donors (Lipinski definition) is 0. The number of carbonyl (C=O) groups excluding carboxylic acids is 1. The lowest BCUT2D eigenvalue weighted by Gasteiger charge is -2.32. The molecule has 0 atom stereocenters. The number of nitrogens with zero attached hydrogens (tertiary/aromatic N) is 3. The predicted molar refractivity (Wildman–Crippen MR) is 104 cm³/mol. The summed E-state index contributed by atoms with van der Waals surface area (Å²) in [6.07, 6.45) is -2.72. The normalized spacial score (nSPS) is 16.3. The van der Waals surface area contributed by atoms with Crippen molar-refractivity contribution < 1.29 is 31.1 Å². The van der Waals surface area contributed by atoms with E-state index in [0.29, 0.717) is 12.8 Å². The second-order valence-corrected chi connectivity index (χ2v) is 9.63. The fourth-order valence-electron chi connectivity index (χ4n) is 3.44. The molecule has 7 nitrogen and oxygen atoms in total. The maximum Gasteiger partial charge on any atom is 0.418 e. The maximum atomic E-state index is 13.2. The van der Waals surface area contributed by atoms with Crippen LogP contribution >= 0.6 is 0 Å². The van der Waals surface area contributed by atoms with Crippen LogP contribution in [0.3, 0.4) is 0 Å². The smallest absolute Gasteiger partial charge is 0.418 e. The van der Waals surface area contributed by atoms with Gasteiger partial charge in [-0.25, -0.2) is 12.7 Å². The van der Waals surface area contributed by atoms with E-state index in [-0.39, 0.29) is 42.3 Å². The molecule has 0 radical (unpaired) electrons. The van der Waals surface area contributed by atoms with Gasteiger partial charge in [-0.2, -0.15) is 13.2 Å². The van der Waals surface area contributed by atoms with E-state index in [1.165, 1.54) is 47.7 Å². The molecule has 0 bridgehead atoms. The maximum absolute atomic E-state index is 13.2. The van der Waals surface area contributed by atoms with E-state index in [0.717, 1.165) is 6.07 Å². The standard InChI is InChI=1S/C19H22F3N3O4S/c1-24(2)30(27,28)13-7-10-25(11-8-13)17(26)12-29-16-6-9-23-18-14(16)4-3-5-15(18)19(20,21)22/h3-6,9,13H,7-8,10-12H2,1-2H3. The minimum atomic E-state index is -4.56. The summed E-state index contributed by atoms with van der Waals surface area (Å²) in [4.78, 5) is 17.8. The molecule has 0 N–H and O–H groups in total. The minimum absolute atomic E-state index is 0.129. The van der Waals surface area contributed by atoms with Crippen LogP contribution < -0.4 is 4.74 Å². The van der Waals surface area contributed by atoms with Gasteiger partial charge in [0.2, 0.25) is 10.0 Å². The van der Waals surface area contributed by atoms with Gasteiger partial charge in [0.1, 0.15) is 5.75 Å². The highest BCUT2D eigenvalue weighted by Gasteiger charge is 2.34. The number of alkyl halides is 3. The van der Waals surface area contributed by atoms with Crippen LogP contribution in [0.2, 0.25) is 0 Å². The van der Waals surface area contributed by atoms with Gasteiger partial charge in [0.25, 0.3) is 5.91 Å². The van der Waals surface area contributed by atoms with Crippen LogP contribution in [-0.4, -0.2) is 67.6 Å². The monoisotopic (exact) mass is 445 g/mol. The highest BCUT2D eigenvalue weighted by atomic mass is 32.2. The Morgan fingerprint density at radius 2 is 1.90 bits per heavy atom. The molecule has 2 heterocycles. The number of rotatable bonds is 5. The van der Waals surface area contributed by atoms with Crippen molar-refractivity contribution in [1.82, 2.24) is 14.2 Å². The molecule has 1 aliphatic rings. The second kappa shape index (κ2) is 8.38. The molecule has 1 aromatic carbocycles. The predicted octanol–water partition coefficient (Wildman–Crippen LogP) is 2.51. The van der Waals surface area contributed by atoms with Crippen molar-refractivity contribution in [2.45, 2.75) is 24.3 Å². The summed E-state index contributed by atoms with van der Waals surface area (Å²) in [5.41, 5.74) is -1.12. The first kappa shape index (κ1) is 22.3. The molecule has 11 heteroatoms. The number of likely N-dealkylation sites (tertiary alicyclic amines) is 1. The van der Waals surface area contributed by atoms with E-state index in [1.807, 2.05) is 0 Å². The molecule has 0 unspecified atom stereocenters. The fraction of sp³-hybridized carbons (Fsp3) is 0.474. The minimum Gasteiger partial charge on any atom is -0.483 e. The number of amides is 1. The molecule has 0 saturated carbocycles. The quantitative estimate of drug-likeness (QED) is 0.707. The number of hydrogen-bond acceptors (Lipinski definition) is 5. The lowest BCUT2D eigenvalue weighted by atomic mass is 10.1. The van der Waals surface area contributed by atoms with Gasteiger partial charge in [0, 0.05) is 38.8 Å². The van der Waals surface area contributed by atoms with Gasteiger partial charge >= 0.3 is 6.18 Å². The topological polar surface area (TPSA) is 79.8 Å². The van der Waals surface area contributed by atoms with Crippen LogP contribution in [0.1, 0.15) is 18.4 Å². The van der Waals surface area contributed by atoms with Gasteiger partial charge in [-0.15, -0.1) is 0 Å². The zero-order valence-electron chi connectivity index (χ0n) is 16.5. The lowest BCUT2D eigenvalue weighted by molar-refractivity contribution is -0.136. The van der Waals surface area contributed by atoms with Gasteiger partial charge in [0.15, 0.2) is 6.61 Å². The third kappa shape index (κ3) is 4.51. The molecule has 2 aromatic rings. The average Bonchev–Trinajstić information content (AvgIpc) is 2.70. The average molecular weight is 445 g/mol. The molecule has 1 amide bonds. The van der Waals surface area contributed by atoms with Crippen molar-refractivity contribution in [3.8, 4) is 5.75 Å². The van der Waals surface area contributed by atoms with Crippen LogP contribution in [-0.2, 0) is 21.0 Å². The first-order valence-electron chi connectivity index (χ1n) is 9.28. The third-order valence-electron chi connectivity index (χ3n) is 5.11. The van der Waals surface area contributed by atoms with Crippen molar-refractivity contribution in [3.05, 3.63) is 36.0 Å². The first-order chi connectivity index (χ1) is 14.0. The van der Waals surface area contributed by atoms with Crippen LogP contribution in [0.5, 0.6) is 5.75 Å². The van der Waals surface area contributed by atoms with Gasteiger partial charge in [0.05, 0.1) is 16.3 Å². The second-order valence-electron chi connectivity index (χ2n) is 7.20. The molecular weight excluding hydrogens is 423 g/mol. The third-order valence-corrected chi connectivity index (χ3v) is 7.44. The number of sulfonamides is 1. The van der Waals surface area contributed by atoms with Gasteiger partial charge in [-0.1, -0.05) is 6.07 Å². The van der Waals surface area contributed by atoms with E-state index >= 15 is 0 Å². The summed E-state index contributed by atoms with van der Waals surface area (Å²) in [5.74, 6) is -0.225. The summed E-state index contributed by atoms with van der Waals surface area (Å²) in [5, 5.41) is -0.377. The SMILES string of the molecule is CN(C)S(=O)(=O)C1CCN(C(=O)COc2ccnc3c(C(F)(F)F)cccc23)CC1. The number of aromatic nitrogens is 1. The molecule has 164 valence electrons. The van der Waals surface area contributed by atoms with Crippen LogP contribution in [0, 0.1) is 0 Å². The Kier molecular flexibility index (Phi) is 6.23. The summed E-state index contributed by atoms with van der Waals surface area (Å²) >= 11 is 0. The summed E-state index contributed by atoms with van der Waals surface area (Å²) in [6, 6.07) is 5.06. The van der Waals surface area contributed by atoms with E-state index < -0.39 is 27.0 Å². The van der Waals surface area contributed by atoms with Gasteiger partial charge < -0.3 is 9.64 Å². The Morgan fingerprint density at radius 3 is 2.50 bits per heavy atom. The summed E-state index contributed by atoms with van der Waals surface area (Å²) in [6.45, 7) is 0.185. The fourth-order valence-corrected chi connectivity index (χ4v) is 4.84. The molecule has 0 spiro atoms. The first-order valence-corrected chi connectivity index (χ1v) is 10.8. The van der Waals surface area contributed by atoms with Crippen molar-refractivity contribution >= 4 is 26.8 Å². The Morgan fingerprint density at radius 1 is 1.23 bits per heavy atom. The Bertz CT molecular complexity index is 1030. The van der Waals surface area contributed by atoms with Crippen LogP contribution in [0.4, 0.5) is 13.2 Å². The Hall–Kier alpha value is -2.40. The number of fused-ring (bicyclic) bond motifs is 1. The molecule has 1 fully saturated rings. The molecule has 0 aliphatic carbocycles. The molecule has 1 aromatic heterocycles. The number of piperidine rings is 1. The zero-order chi connectivity index (χ0) is 22.1. The number of ether oxygens (including phenoxy) is 1. The largest absolute Gasteiger partial charge is 0.483 e. The molecular formula is C19H22F3N3O4S. The number of carbonyl (C=O) groups is 1. The molecule has 1 aliphatic heterocycles. The number of benzene rings is 1. The van der Waals surface area contributed by atoms with Crippen molar-refractivity contribution in [3.63, 3.8) is 0 Å². The van der Waals surface area contributed by atoms with Crippen LogP contribution in [0.15, 0.2) is 30.5 Å². The lowest BCUT2D eigenvalue weighted by Crippen LogP contribution is -2.46. The van der Waals surface area contributed by atoms with Crippen molar-refractivity contribution in [2.75, 3.05) is 33.8 Å². The van der Waals surface area contributed by atoms with Gasteiger partial charge in [-0.05, 0) is 31.0 Å². The number of pyridine rings is 1. The highest BCUT2D eigenvalue weighted by molar-refractivity contribution is 7.89. The summed E-state index contributed by atoms with van der Waals surface area (Å²) < 4.78 is 70.7. The zero-order valence-corrected chi connectivity index (χ0v) is 17.3. The number of halogens is 3. The van der Waals surface area contributed by atoms with E-state index in [9.17, 15) is 26.4 Å². The molecule has 3 rings (SSSR count). The molecule has 1 saturated heterocycles.